The van der Waals surface area contributed by atoms with Gasteiger partial charge < -0.3 is 10.6 Å². The van der Waals surface area contributed by atoms with E-state index in [1.807, 2.05) is 24.4 Å². The maximum Gasteiger partial charge on any atom is 0.233 e. The van der Waals surface area contributed by atoms with Gasteiger partial charge in [0.15, 0.2) is 4.34 Å². The second kappa shape index (κ2) is 8.41. The van der Waals surface area contributed by atoms with Crippen molar-refractivity contribution in [2.75, 3.05) is 5.32 Å². The number of aromatic nitrogens is 2. The van der Waals surface area contributed by atoms with E-state index in [1.165, 1.54) is 35.2 Å². The fourth-order valence-electron chi connectivity index (χ4n) is 1.93. The molecule has 0 aliphatic carbocycles. The van der Waals surface area contributed by atoms with Crippen LogP contribution in [0.2, 0.25) is 0 Å². The highest BCUT2D eigenvalue weighted by molar-refractivity contribution is 8.02. The van der Waals surface area contributed by atoms with Gasteiger partial charge in [0.2, 0.25) is 11.0 Å². The van der Waals surface area contributed by atoms with Gasteiger partial charge in [-0.2, -0.15) is 0 Å². The summed E-state index contributed by atoms with van der Waals surface area (Å²) in [6.07, 6.45) is 0. The zero-order valence-electron chi connectivity index (χ0n) is 13.2. The number of rotatable bonds is 7. The number of thiophene rings is 1. The average molecular weight is 395 g/mol. The third-order valence-electron chi connectivity index (χ3n) is 3.15. The van der Waals surface area contributed by atoms with Gasteiger partial charge in [-0.25, -0.2) is 4.39 Å². The Hall–Kier alpha value is -1.97. The van der Waals surface area contributed by atoms with Gasteiger partial charge >= 0.3 is 0 Å². The molecular weight excluding hydrogens is 379 g/mol. The van der Waals surface area contributed by atoms with Gasteiger partial charge in [-0.15, -0.1) is 21.5 Å². The van der Waals surface area contributed by atoms with E-state index in [0.29, 0.717) is 21.7 Å². The van der Waals surface area contributed by atoms with Crippen LogP contribution in [0.25, 0.3) is 0 Å². The zero-order chi connectivity index (χ0) is 17.6. The molecule has 25 heavy (non-hydrogen) atoms. The number of hydrogen-bond donors (Lipinski definition) is 2. The summed E-state index contributed by atoms with van der Waals surface area (Å²) in [6, 6.07) is 10.1. The Kier molecular flexibility index (Phi) is 6.00. The van der Waals surface area contributed by atoms with Crippen molar-refractivity contribution in [3.8, 4) is 0 Å². The predicted molar refractivity (Wildman–Crippen MR) is 101 cm³/mol. The first-order valence-corrected chi connectivity index (χ1v) is 10.0. The van der Waals surface area contributed by atoms with Crippen molar-refractivity contribution < 1.29 is 9.18 Å². The zero-order valence-corrected chi connectivity index (χ0v) is 15.7. The SMILES string of the molecule is CC(Sc1nnc(Nc2cccc(F)c2)s1)C(=O)NCc1cccs1. The fraction of sp³-hybridized carbons (Fsp3) is 0.188. The predicted octanol–water partition coefficient (Wildman–Crippen LogP) is 4.28. The van der Waals surface area contributed by atoms with Crippen LogP contribution < -0.4 is 10.6 Å². The molecule has 1 atom stereocenters. The van der Waals surface area contributed by atoms with E-state index >= 15 is 0 Å². The molecule has 3 aromatic rings. The number of carbonyl (C=O) groups excluding carboxylic acids is 1. The van der Waals surface area contributed by atoms with Crippen LogP contribution in [0.3, 0.4) is 0 Å². The van der Waals surface area contributed by atoms with Gasteiger partial charge in [0.25, 0.3) is 0 Å². The second-order valence-corrected chi connectivity index (χ2v) is 8.66. The topological polar surface area (TPSA) is 66.9 Å². The van der Waals surface area contributed by atoms with E-state index in [-0.39, 0.29) is 17.0 Å². The Balaban J connectivity index is 1.52. The van der Waals surface area contributed by atoms with Crippen molar-refractivity contribution in [2.45, 2.75) is 23.1 Å². The molecule has 0 aliphatic rings. The number of amides is 1. The molecule has 0 spiro atoms. The Morgan fingerprint density at radius 3 is 2.96 bits per heavy atom. The van der Waals surface area contributed by atoms with Crippen LogP contribution >= 0.6 is 34.4 Å². The molecule has 0 saturated carbocycles. The third-order valence-corrected chi connectivity index (χ3v) is 6.05. The lowest BCUT2D eigenvalue weighted by molar-refractivity contribution is -0.120. The summed E-state index contributed by atoms with van der Waals surface area (Å²) in [6.45, 7) is 2.36. The van der Waals surface area contributed by atoms with Crippen molar-refractivity contribution in [2.24, 2.45) is 0 Å². The monoisotopic (exact) mass is 394 g/mol. The van der Waals surface area contributed by atoms with Gasteiger partial charge in [0.1, 0.15) is 5.82 Å². The van der Waals surface area contributed by atoms with Crippen molar-refractivity contribution in [1.29, 1.82) is 0 Å². The van der Waals surface area contributed by atoms with Crippen molar-refractivity contribution in [1.82, 2.24) is 15.5 Å². The van der Waals surface area contributed by atoms with Crippen LogP contribution in [0.1, 0.15) is 11.8 Å². The van der Waals surface area contributed by atoms with Crippen LogP contribution in [0.5, 0.6) is 0 Å². The maximum absolute atomic E-state index is 13.2. The van der Waals surface area contributed by atoms with E-state index in [4.69, 9.17) is 0 Å². The lowest BCUT2D eigenvalue weighted by Crippen LogP contribution is -2.30. The molecule has 0 fully saturated rings. The smallest absolute Gasteiger partial charge is 0.233 e. The molecule has 0 bridgehead atoms. The number of thioether (sulfide) groups is 1. The van der Waals surface area contributed by atoms with Crippen LogP contribution in [-0.2, 0) is 11.3 Å². The van der Waals surface area contributed by atoms with Crippen LogP contribution in [-0.4, -0.2) is 21.4 Å². The lowest BCUT2D eigenvalue weighted by Gasteiger charge is -2.09. The Morgan fingerprint density at radius 1 is 1.32 bits per heavy atom. The number of benzene rings is 1. The van der Waals surface area contributed by atoms with Crippen molar-refractivity contribution in [3.05, 3.63) is 52.5 Å². The molecule has 3 rings (SSSR count). The Morgan fingerprint density at radius 2 is 2.20 bits per heavy atom. The minimum absolute atomic E-state index is 0.0479. The van der Waals surface area contributed by atoms with E-state index in [1.54, 1.807) is 23.5 Å². The number of hydrogen-bond acceptors (Lipinski definition) is 7. The van der Waals surface area contributed by atoms with Crippen LogP contribution in [0.4, 0.5) is 15.2 Å². The van der Waals surface area contributed by atoms with E-state index in [9.17, 15) is 9.18 Å². The summed E-state index contributed by atoms with van der Waals surface area (Å²) in [5.74, 6) is -0.367. The summed E-state index contributed by atoms with van der Waals surface area (Å²) in [5, 5.41) is 16.3. The van der Waals surface area contributed by atoms with Gasteiger partial charge in [0, 0.05) is 10.6 Å². The number of anilines is 2. The quantitative estimate of drug-likeness (QED) is 0.586. The Labute approximate surface area is 156 Å². The average Bonchev–Trinajstić information content (AvgIpc) is 3.24. The summed E-state index contributed by atoms with van der Waals surface area (Å²) < 4.78 is 13.9. The molecule has 2 N–H and O–H groups in total. The number of nitrogens with zero attached hydrogens (tertiary/aromatic N) is 2. The minimum Gasteiger partial charge on any atom is -0.350 e. The third kappa shape index (κ3) is 5.25. The molecule has 0 aliphatic heterocycles. The van der Waals surface area contributed by atoms with Gasteiger partial charge in [-0.3, -0.25) is 4.79 Å². The first-order valence-electron chi connectivity index (χ1n) is 7.43. The van der Waals surface area contributed by atoms with Crippen molar-refractivity contribution in [3.63, 3.8) is 0 Å². The van der Waals surface area contributed by atoms with E-state index in [2.05, 4.69) is 20.8 Å². The molecule has 0 saturated heterocycles. The molecule has 130 valence electrons. The molecular formula is C16H15FN4OS3. The maximum atomic E-state index is 13.2. The molecule has 2 aromatic heterocycles. The minimum atomic E-state index is -0.319. The van der Waals surface area contributed by atoms with Crippen LogP contribution in [0.15, 0.2) is 46.1 Å². The van der Waals surface area contributed by atoms with Gasteiger partial charge in [-0.1, -0.05) is 35.2 Å². The van der Waals surface area contributed by atoms with Gasteiger partial charge in [-0.05, 0) is 36.6 Å². The molecule has 9 heteroatoms. The largest absolute Gasteiger partial charge is 0.350 e. The summed E-state index contributed by atoms with van der Waals surface area (Å²) in [5.41, 5.74) is 0.606. The number of nitrogens with one attached hydrogen (secondary N) is 2. The second-order valence-electron chi connectivity index (χ2n) is 5.07. The highest BCUT2D eigenvalue weighted by atomic mass is 32.2. The Bertz CT molecular complexity index is 838. The first-order chi connectivity index (χ1) is 12.1. The highest BCUT2D eigenvalue weighted by Gasteiger charge is 2.17. The summed E-state index contributed by atoms with van der Waals surface area (Å²) in [4.78, 5) is 13.3. The molecule has 1 aromatic carbocycles. The number of carbonyl (C=O) groups is 1. The van der Waals surface area contributed by atoms with E-state index in [0.717, 1.165) is 4.88 Å². The molecule has 5 nitrogen and oxygen atoms in total. The summed E-state index contributed by atoms with van der Waals surface area (Å²) >= 11 is 4.28. The number of halogens is 1. The standard InChI is InChI=1S/C16H15FN4OS3/c1-10(14(22)18-9-13-6-3-7-23-13)24-16-21-20-15(25-16)19-12-5-2-4-11(17)8-12/h2-8,10H,9H2,1H3,(H,18,22)(H,19,20). The van der Waals surface area contributed by atoms with Gasteiger partial charge in [0.05, 0.1) is 11.8 Å². The molecule has 1 unspecified atom stereocenters. The van der Waals surface area contributed by atoms with E-state index < -0.39 is 0 Å². The van der Waals surface area contributed by atoms with Crippen molar-refractivity contribution >= 4 is 51.2 Å². The molecule has 0 radical (unpaired) electrons. The fourth-order valence-corrected chi connectivity index (χ4v) is 4.52. The molecule has 1 amide bonds. The summed E-state index contributed by atoms with van der Waals surface area (Å²) in [7, 11) is 0. The highest BCUT2D eigenvalue weighted by Crippen LogP contribution is 2.30. The molecule has 2 heterocycles. The normalized spacial score (nSPS) is 11.9. The first kappa shape index (κ1) is 17.8. The lowest BCUT2D eigenvalue weighted by atomic mass is 10.3. The van der Waals surface area contributed by atoms with Crippen LogP contribution in [0, 0.1) is 5.82 Å².